The highest BCUT2D eigenvalue weighted by atomic mass is 19.1. The van der Waals surface area contributed by atoms with Crippen molar-refractivity contribution in [1.82, 2.24) is 24.2 Å². The van der Waals surface area contributed by atoms with Gasteiger partial charge in [0.05, 0.1) is 11.0 Å². The predicted octanol–water partition coefficient (Wildman–Crippen LogP) is 3.46. The molecule has 3 heterocycles. The standard InChI is InChI=1S/C21H26FN5O2/c1-2-26-17-8-7-15(22)13-18(17)27(21(26)28)20-23-19(29-24-20)14-9-11-25(12-10-14)16-5-3-4-6-16/h7-8,13-14,16H,2-6,9-12H2,1H3. The molecule has 1 aromatic carbocycles. The van der Waals surface area contributed by atoms with Crippen LogP contribution in [0.3, 0.4) is 0 Å². The zero-order valence-electron chi connectivity index (χ0n) is 16.7. The Labute approximate surface area is 168 Å². The Morgan fingerprint density at radius 2 is 1.90 bits per heavy atom. The molecule has 0 amide bonds. The fraction of sp³-hybridized carbons (Fsp3) is 0.571. The highest BCUT2D eigenvalue weighted by molar-refractivity contribution is 5.77. The molecule has 8 heteroatoms. The third-order valence-electron chi connectivity index (χ3n) is 6.56. The van der Waals surface area contributed by atoms with Crippen molar-refractivity contribution in [2.45, 2.75) is 64.0 Å². The molecule has 1 saturated carbocycles. The average molecular weight is 399 g/mol. The Hall–Kier alpha value is -2.48. The molecule has 2 fully saturated rings. The van der Waals surface area contributed by atoms with Gasteiger partial charge in [-0.05, 0) is 63.0 Å². The van der Waals surface area contributed by atoms with E-state index in [1.165, 1.54) is 42.4 Å². The lowest BCUT2D eigenvalue weighted by Gasteiger charge is -2.34. The van der Waals surface area contributed by atoms with Gasteiger partial charge in [-0.1, -0.05) is 12.8 Å². The zero-order chi connectivity index (χ0) is 20.0. The number of aryl methyl sites for hydroxylation is 1. The second-order valence-electron chi connectivity index (χ2n) is 8.18. The smallest absolute Gasteiger partial charge is 0.336 e. The number of imidazole rings is 1. The maximum Gasteiger partial charge on any atom is 0.336 e. The van der Waals surface area contributed by atoms with Crippen LogP contribution in [0.5, 0.6) is 0 Å². The van der Waals surface area contributed by atoms with Gasteiger partial charge in [0.15, 0.2) is 0 Å². The van der Waals surface area contributed by atoms with E-state index < -0.39 is 5.82 Å². The quantitative estimate of drug-likeness (QED) is 0.672. The Balaban J connectivity index is 1.42. The number of likely N-dealkylation sites (tertiary alicyclic amines) is 1. The molecule has 3 aromatic rings. The van der Waals surface area contributed by atoms with Gasteiger partial charge in [0, 0.05) is 24.6 Å². The van der Waals surface area contributed by atoms with Crippen LogP contribution in [0.4, 0.5) is 4.39 Å². The fourth-order valence-electron chi connectivity index (χ4n) is 4.99. The summed E-state index contributed by atoms with van der Waals surface area (Å²) in [6, 6.07) is 5.06. The van der Waals surface area contributed by atoms with E-state index in [4.69, 9.17) is 4.52 Å². The summed E-state index contributed by atoms with van der Waals surface area (Å²) in [7, 11) is 0. The lowest BCUT2D eigenvalue weighted by molar-refractivity contribution is 0.144. The first-order valence-electron chi connectivity index (χ1n) is 10.6. The van der Waals surface area contributed by atoms with Crippen molar-refractivity contribution in [1.29, 1.82) is 0 Å². The van der Waals surface area contributed by atoms with E-state index in [-0.39, 0.29) is 17.6 Å². The van der Waals surface area contributed by atoms with Crippen LogP contribution in [0.2, 0.25) is 0 Å². The number of aromatic nitrogens is 4. The summed E-state index contributed by atoms with van der Waals surface area (Å²) >= 11 is 0. The normalized spacial score (nSPS) is 19.5. The van der Waals surface area contributed by atoms with Crippen LogP contribution >= 0.6 is 0 Å². The summed E-state index contributed by atoms with van der Waals surface area (Å²) in [6.45, 7) is 4.47. The molecular weight excluding hydrogens is 373 g/mol. The highest BCUT2D eigenvalue weighted by Gasteiger charge is 2.30. The Morgan fingerprint density at radius 3 is 2.62 bits per heavy atom. The first-order valence-corrected chi connectivity index (χ1v) is 10.6. The number of hydrogen-bond donors (Lipinski definition) is 0. The molecule has 1 aliphatic heterocycles. The van der Waals surface area contributed by atoms with Crippen LogP contribution < -0.4 is 5.69 Å². The lowest BCUT2D eigenvalue weighted by Crippen LogP contribution is -2.39. The molecule has 0 spiro atoms. The van der Waals surface area contributed by atoms with Crippen molar-refractivity contribution < 1.29 is 8.91 Å². The van der Waals surface area contributed by atoms with Crippen molar-refractivity contribution in [2.24, 2.45) is 0 Å². The van der Waals surface area contributed by atoms with Gasteiger partial charge in [-0.2, -0.15) is 4.98 Å². The van der Waals surface area contributed by atoms with Crippen molar-refractivity contribution in [3.8, 4) is 5.95 Å². The SMILES string of the molecule is CCn1c(=O)n(-c2noc(C3CCN(C4CCCC4)CC3)n2)c2cc(F)ccc21. The number of fused-ring (bicyclic) bond motifs is 1. The molecule has 1 saturated heterocycles. The Bertz CT molecular complexity index is 1070. The molecule has 154 valence electrons. The van der Waals surface area contributed by atoms with E-state index in [0.29, 0.717) is 23.5 Å². The van der Waals surface area contributed by atoms with Crippen LogP contribution in [0, 0.1) is 5.82 Å². The van der Waals surface area contributed by atoms with E-state index in [0.717, 1.165) is 32.0 Å². The minimum absolute atomic E-state index is 0.186. The number of rotatable bonds is 4. The van der Waals surface area contributed by atoms with Gasteiger partial charge in [-0.15, -0.1) is 0 Å². The topological polar surface area (TPSA) is 69.1 Å². The second-order valence-corrected chi connectivity index (χ2v) is 8.18. The molecule has 29 heavy (non-hydrogen) atoms. The van der Waals surface area contributed by atoms with Gasteiger partial charge in [0.1, 0.15) is 5.82 Å². The van der Waals surface area contributed by atoms with Crippen LogP contribution in [0.1, 0.15) is 57.3 Å². The van der Waals surface area contributed by atoms with Gasteiger partial charge < -0.3 is 9.42 Å². The summed E-state index contributed by atoms with van der Waals surface area (Å²) in [5, 5.41) is 4.07. The Kier molecular flexibility index (Phi) is 4.73. The summed E-state index contributed by atoms with van der Waals surface area (Å²) in [6.07, 6.45) is 7.29. The van der Waals surface area contributed by atoms with Crippen LogP contribution in [0.25, 0.3) is 17.0 Å². The first-order chi connectivity index (χ1) is 14.2. The molecule has 0 bridgehead atoms. The maximum absolute atomic E-state index is 13.8. The van der Waals surface area contributed by atoms with E-state index >= 15 is 0 Å². The van der Waals surface area contributed by atoms with Crippen molar-refractivity contribution in [3.63, 3.8) is 0 Å². The molecule has 0 atom stereocenters. The third-order valence-corrected chi connectivity index (χ3v) is 6.56. The monoisotopic (exact) mass is 399 g/mol. The van der Waals surface area contributed by atoms with Crippen molar-refractivity contribution in [3.05, 3.63) is 40.4 Å². The zero-order valence-corrected chi connectivity index (χ0v) is 16.7. The number of halogens is 1. The van der Waals surface area contributed by atoms with Crippen LogP contribution in [-0.2, 0) is 6.54 Å². The van der Waals surface area contributed by atoms with E-state index in [2.05, 4.69) is 15.0 Å². The second kappa shape index (κ2) is 7.40. The molecule has 7 nitrogen and oxygen atoms in total. The van der Waals surface area contributed by atoms with Crippen LogP contribution in [0.15, 0.2) is 27.5 Å². The summed E-state index contributed by atoms with van der Waals surface area (Å²) < 4.78 is 22.3. The van der Waals surface area contributed by atoms with Gasteiger partial charge in [-0.25, -0.2) is 13.8 Å². The molecule has 1 aliphatic carbocycles. The summed E-state index contributed by atoms with van der Waals surface area (Å²) in [5.41, 5.74) is 0.840. The highest BCUT2D eigenvalue weighted by Crippen LogP contribution is 2.32. The predicted molar refractivity (Wildman–Crippen MR) is 107 cm³/mol. The van der Waals surface area contributed by atoms with Crippen LogP contribution in [-0.4, -0.2) is 43.3 Å². The number of piperidine rings is 1. The first kappa shape index (κ1) is 18.5. The largest absolute Gasteiger partial charge is 0.337 e. The minimum Gasteiger partial charge on any atom is -0.337 e. The lowest BCUT2D eigenvalue weighted by atomic mass is 9.95. The van der Waals surface area contributed by atoms with E-state index in [1.54, 1.807) is 10.6 Å². The summed E-state index contributed by atoms with van der Waals surface area (Å²) in [4.78, 5) is 20.0. The van der Waals surface area contributed by atoms with E-state index in [1.807, 2.05) is 6.92 Å². The van der Waals surface area contributed by atoms with Crippen molar-refractivity contribution >= 4 is 11.0 Å². The number of nitrogens with zero attached hydrogens (tertiary/aromatic N) is 5. The minimum atomic E-state index is -0.400. The fourth-order valence-corrected chi connectivity index (χ4v) is 4.99. The van der Waals surface area contributed by atoms with Gasteiger partial charge in [0.25, 0.3) is 5.95 Å². The Morgan fingerprint density at radius 1 is 1.14 bits per heavy atom. The molecule has 2 aliphatic rings. The third kappa shape index (κ3) is 3.19. The number of benzene rings is 1. The maximum atomic E-state index is 13.8. The molecule has 5 rings (SSSR count). The van der Waals surface area contributed by atoms with E-state index in [9.17, 15) is 9.18 Å². The van der Waals surface area contributed by atoms with Gasteiger partial charge >= 0.3 is 5.69 Å². The molecule has 2 aromatic heterocycles. The molecule has 0 radical (unpaired) electrons. The van der Waals surface area contributed by atoms with Crippen molar-refractivity contribution in [2.75, 3.05) is 13.1 Å². The molecule has 0 N–H and O–H groups in total. The van der Waals surface area contributed by atoms with Gasteiger partial charge in [-0.3, -0.25) is 4.57 Å². The summed E-state index contributed by atoms with van der Waals surface area (Å²) in [5.74, 6) is 0.571. The molecule has 0 unspecified atom stereocenters. The average Bonchev–Trinajstić information content (AvgIpc) is 3.47. The number of hydrogen-bond acceptors (Lipinski definition) is 5. The van der Waals surface area contributed by atoms with Gasteiger partial charge in [0.2, 0.25) is 5.89 Å². The molecular formula is C21H26FN5O2.